The van der Waals surface area contributed by atoms with Gasteiger partial charge in [0.2, 0.25) is 0 Å². The van der Waals surface area contributed by atoms with Crippen LogP contribution < -0.4 is 0 Å². The summed E-state index contributed by atoms with van der Waals surface area (Å²) in [6.07, 6.45) is 31.3. The van der Waals surface area contributed by atoms with Crippen LogP contribution in [0.2, 0.25) is 0 Å². The molecule has 0 aromatic rings. The number of carbonyl (C=O) groups is 3. The third-order valence-corrected chi connectivity index (χ3v) is 15.6. The molecular weight excluding hydrogens is 835 g/mol. The van der Waals surface area contributed by atoms with Crippen molar-refractivity contribution in [3.63, 3.8) is 0 Å². The van der Waals surface area contributed by atoms with Crippen molar-refractivity contribution in [2.75, 3.05) is 46.8 Å². The number of unbranched alkanes of at least 4 members (excludes halogenated alkanes) is 9. The number of esters is 1. The van der Waals surface area contributed by atoms with Crippen LogP contribution in [-0.2, 0) is 42.8 Å². The molecule has 0 heterocycles. The van der Waals surface area contributed by atoms with Gasteiger partial charge in [-0.3, -0.25) is 14.4 Å². The van der Waals surface area contributed by atoms with Crippen LogP contribution in [0, 0.1) is 40.9 Å². The summed E-state index contributed by atoms with van der Waals surface area (Å²) in [5, 5.41) is 18.4. The molecule has 0 N–H and O–H groups in total. The molecule has 5 aliphatic carbocycles. The number of ketones is 2. The quantitative estimate of drug-likeness (QED) is 0.0373. The molecule has 66 heavy (non-hydrogen) atoms. The summed E-state index contributed by atoms with van der Waals surface area (Å²) in [5.74, 6) is 0.643. The van der Waals surface area contributed by atoms with Crippen molar-refractivity contribution in [3.8, 4) is 6.07 Å². The Balaban J connectivity index is 0.813. The summed E-state index contributed by atoms with van der Waals surface area (Å²) < 4.78 is 35.7. The Morgan fingerprint density at radius 3 is 1.29 bits per heavy atom. The van der Waals surface area contributed by atoms with Crippen LogP contribution in [0.25, 0.3) is 0 Å². The highest BCUT2D eigenvalue weighted by atomic mass is 16.5. The van der Waals surface area contributed by atoms with Crippen molar-refractivity contribution < 1.29 is 42.8 Å². The Bertz CT molecular complexity index is 1410. The number of carbonyl (C=O) groups excluding carboxylic acids is 3. The van der Waals surface area contributed by atoms with Crippen LogP contribution in [-0.4, -0.2) is 101 Å². The highest BCUT2D eigenvalue weighted by Crippen LogP contribution is 2.36. The zero-order chi connectivity index (χ0) is 46.6. The molecule has 0 aromatic carbocycles. The van der Waals surface area contributed by atoms with Crippen molar-refractivity contribution in [2.24, 2.45) is 39.8 Å². The molecule has 3 atom stereocenters. The number of azo groups is 1. The lowest BCUT2D eigenvalue weighted by molar-refractivity contribution is -0.153. The van der Waals surface area contributed by atoms with Gasteiger partial charge < -0.3 is 28.4 Å². The fourth-order valence-corrected chi connectivity index (χ4v) is 11.2. The summed E-state index contributed by atoms with van der Waals surface area (Å²) >= 11 is 0. The summed E-state index contributed by atoms with van der Waals surface area (Å²) in [6, 6.07) is 3.02. The molecular formula is C54H91N3O9. The SMILES string of the molecule is COCCCCCCOC1CCC(C(=O)C2CCC(OCCCCCCOC(=O)C3CC(OCCCCCCOC4CCC(N=NC5CCC(C#N)CC5)CC4)CC(C(C)=O)C3)CC2)CC1. The number of Topliss-reactive ketones (excluding diaryl/α,β-unsaturated/α-hetero) is 2. The molecule has 0 amide bonds. The van der Waals surface area contributed by atoms with Crippen LogP contribution >= 0.6 is 0 Å². The number of ether oxygens (including phenoxy) is 6. The molecule has 12 nitrogen and oxygen atoms in total. The lowest BCUT2D eigenvalue weighted by Crippen LogP contribution is -2.36. The number of methoxy groups -OCH3 is 1. The van der Waals surface area contributed by atoms with Crippen LogP contribution in [0.5, 0.6) is 0 Å². The van der Waals surface area contributed by atoms with Crippen LogP contribution in [0.1, 0.15) is 206 Å². The minimum Gasteiger partial charge on any atom is -0.465 e. The molecule has 0 aliphatic heterocycles. The third kappa shape index (κ3) is 21.1. The van der Waals surface area contributed by atoms with Gasteiger partial charge in [-0.2, -0.15) is 15.5 Å². The van der Waals surface area contributed by atoms with Gasteiger partial charge in [-0.25, -0.2) is 0 Å². The second kappa shape index (κ2) is 32.5. The summed E-state index contributed by atoms with van der Waals surface area (Å²) in [6.45, 7) is 5.92. The number of hydrogen-bond acceptors (Lipinski definition) is 12. The number of hydrogen-bond donors (Lipinski definition) is 0. The Kier molecular flexibility index (Phi) is 26.9. The fourth-order valence-electron chi connectivity index (χ4n) is 11.2. The van der Waals surface area contributed by atoms with Crippen molar-refractivity contribution in [1.82, 2.24) is 0 Å². The normalized spacial score (nSPS) is 30.8. The number of nitriles is 1. The third-order valence-electron chi connectivity index (χ3n) is 15.6. The zero-order valence-corrected chi connectivity index (χ0v) is 41.5. The molecule has 5 fully saturated rings. The average molecular weight is 926 g/mol. The minimum absolute atomic E-state index is 0.0838. The summed E-state index contributed by atoms with van der Waals surface area (Å²) in [7, 11) is 1.76. The maximum Gasteiger partial charge on any atom is 0.309 e. The van der Waals surface area contributed by atoms with Gasteiger partial charge in [0, 0.05) is 63.8 Å². The van der Waals surface area contributed by atoms with Crippen molar-refractivity contribution >= 4 is 17.5 Å². The predicted molar refractivity (Wildman–Crippen MR) is 256 cm³/mol. The van der Waals surface area contributed by atoms with Crippen molar-refractivity contribution in [3.05, 3.63) is 0 Å². The van der Waals surface area contributed by atoms with Gasteiger partial charge in [0.25, 0.3) is 0 Å². The molecule has 12 heteroatoms. The number of rotatable bonds is 31. The topological polar surface area (TPSA) is 155 Å². The van der Waals surface area contributed by atoms with E-state index in [9.17, 15) is 14.4 Å². The maximum atomic E-state index is 13.3. The van der Waals surface area contributed by atoms with Gasteiger partial charge in [-0.15, -0.1) is 0 Å². The second-order valence-electron chi connectivity index (χ2n) is 20.9. The standard InChI is InChI=1S/C54H91N3O9/c1-41(58)45-37-46(39-52(38-45)65-35-13-6-5-11-34-64-51-29-23-48(24-30-51)57-56-47-21-15-42(40-55)16-22-47)54(60)66-36-14-8-7-12-33-63-50-27-19-44(20-28-50)53(59)43-17-25-49(26-18-43)62-32-10-4-3-9-31-61-2/h42-52H,3-39H2,1-2H3. The van der Waals surface area contributed by atoms with E-state index in [1.807, 2.05) is 0 Å². The fraction of sp³-hybridized carbons (Fsp3) is 0.926. The lowest BCUT2D eigenvalue weighted by Gasteiger charge is -2.33. The highest BCUT2D eigenvalue weighted by Gasteiger charge is 2.37. The first-order valence-corrected chi connectivity index (χ1v) is 27.3. The van der Waals surface area contributed by atoms with Gasteiger partial charge in [0.05, 0.1) is 55.1 Å². The van der Waals surface area contributed by atoms with E-state index in [1.54, 1.807) is 14.0 Å². The molecule has 0 radical (unpaired) electrons. The average Bonchev–Trinajstić information content (AvgIpc) is 3.35. The largest absolute Gasteiger partial charge is 0.465 e. The van der Waals surface area contributed by atoms with E-state index in [1.165, 1.54) is 12.8 Å². The molecule has 376 valence electrons. The highest BCUT2D eigenvalue weighted by molar-refractivity contribution is 5.83. The van der Waals surface area contributed by atoms with Crippen molar-refractivity contribution in [2.45, 2.75) is 242 Å². The first-order chi connectivity index (χ1) is 32.3. The van der Waals surface area contributed by atoms with E-state index in [2.05, 4.69) is 16.3 Å². The lowest BCUT2D eigenvalue weighted by atomic mass is 9.75. The first-order valence-electron chi connectivity index (χ1n) is 27.3. The van der Waals surface area contributed by atoms with E-state index in [-0.39, 0.29) is 53.6 Å². The molecule has 5 rings (SSSR count). The van der Waals surface area contributed by atoms with Gasteiger partial charge in [0.1, 0.15) is 11.6 Å². The monoisotopic (exact) mass is 926 g/mol. The summed E-state index contributed by atoms with van der Waals surface area (Å²) in [5.41, 5.74) is 0. The van der Waals surface area contributed by atoms with Crippen LogP contribution in [0.15, 0.2) is 10.2 Å². The van der Waals surface area contributed by atoms with Crippen LogP contribution in [0.3, 0.4) is 0 Å². The van der Waals surface area contributed by atoms with Gasteiger partial charge in [-0.1, -0.05) is 32.1 Å². The Labute approximate surface area is 399 Å². The van der Waals surface area contributed by atoms with E-state index in [4.69, 9.17) is 33.7 Å². The summed E-state index contributed by atoms with van der Waals surface area (Å²) in [4.78, 5) is 38.9. The van der Waals surface area contributed by atoms with Gasteiger partial charge >= 0.3 is 5.97 Å². The Morgan fingerprint density at radius 1 is 0.455 bits per heavy atom. The van der Waals surface area contributed by atoms with E-state index in [0.29, 0.717) is 62.6 Å². The molecule has 0 saturated heterocycles. The molecule has 5 aliphatic rings. The molecule has 0 spiro atoms. The van der Waals surface area contributed by atoms with Gasteiger partial charge in [-0.05, 0) is 174 Å². The second-order valence-corrected chi connectivity index (χ2v) is 20.9. The van der Waals surface area contributed by atoms with E-state index >= 15 is 0 Å². The molecule has 0 bridgehead atoms. The van der Waals surface area contributed by atoms with E-state index in [0.717, 1.165) is 193 Å². The maximum absolute atomic E-state index is 13.3. The molecule has 3 unspecified atom stereocenters. The molecule has 0 aromatic heterocycles. The minimum atomic E-state index is -0.284. The molecule has 5 saturated carbocycles. The van der Waals surface area contributed by atoms with E-state index < -0.39 is 0 Å². The smallest absolute Gasteiger partial charge is 0.309 e. The van der Waals surface area contributed by atoms with Gasteiger partial charge in [0.15, 0.2) is 0 Å². The van der Waals surface area contributed by atoms with Crippen molar-refractivity contribution in [1.29, 1.82) is 5.26 Å². The number of nitrogens with zero attached hydrogens (tertiary/aromatic N) is 3. The Morgan fingerprint density at radius 2 is 0.848 bits per heavy atom. The zero-order valence-electron chi connectivity index (χ0n) is 41.5. The predicted octanol–water partition coefficient (Wildman–Crippen LogP) is 11.8. The first kappa shape index (κ1) is 54.6. The Hall–Kier alpha value is -2.30. The van der Waals surface area contributed by atoms with Crippen LogP contribution in [0.4, 0.5) is 0 Å².